The number of aliphatic carboxylic acids is 1. The number of carboxylic acids is 1. The van der Waals surface area contributed by atoms with E-state index in [1.54, 1.807) is 13.8 Å². The summed E-state index contributed by atoms with van der Waals surface area (Å²) in [6.45, 7) is 4.52. The molecule has 1 aromatic rings. The predicted molar refractivity (Wildman–Crippen MR) is 64.6 cm³/mol. The van der Waals surface area contributed by atoms with Crippen LogP contribution in [0.5, 0.6) is 0 Å². The van der Waals surface area contributed by atoms with Crippen molar-refractivity contribution in [2.75, 3.05) is 6.54 Å². The van der Waals surface area contributed by atoms with Crippen LogP contribution in [0.3, 0.4) is 0 Å². The number of imidazole rings is 1. The molecule has 0 atom stereocenters. The van der Waals surface area contributed by atoms with Gasteiger partial charge in [0.25, 0.3) is 10.0 Å². The van der Waals surface area contributed by atoms with E-state index in [4.69, 9.17) is 5.11 Å². The Kier molecular flexibility index (Phi) is 4.47. The number of carbonyl (C=O) groups is 1. The van der Waals surface area contributed by atoms with Crippen LogP contribution in [0, 0.1) is 0 Å². The summed E-state index contributed by atoms with van der Waals surface area (Å²) in [6.07, 6.45) is 1.79. The van der Waals surface area contributed by atoms with Crippen LogP contribution in [0.15, 0.2) is 11.2 Å². The second kappa shape index (κ2) is 5.49. The highest BCUT2D eigenvalue weighted by Crippen LogP contribution is 2.16. The van der Waals surface area contributed by atoms with Gasteiger partial charge in [-0.25, -0.2) is 13.4 Å². The van der Waals surface area contributed by atoms with Gasteiger partial charge in [-0.3, -0.25) is 4.79 Å². The molecule has 0 fully saturated rings. The Hall–Kier alpha value is -1.41. The van der Waals surface area contributed by atoms with Gasteiger partial charge in [0.05, 0.1) is 6.20 Å². The van der Waals surface area contributed by atoms with Gasteiger partial charge < -0.3 is 10.1 Å². The lowest BCUT2D eigenvalue weighted by Crippen LogP contribution is -2.40. The number of sulfonamides is 1. The first kappa shape index (κ1) is 14.7. The molecule has 1 aromatic heterocycles. The first-order valence-corrected chi connectivity index (χ1v) is 7.00. The van der Waals surface area contributed by atoms with Crippen molar-refractivity contribution in [1.82, 2.24) is 14.3 Å². The van der Waals surface area contributed by atoms with E-state index < -0.39 is 28.6 Å². The number of hydrogen-bond donors (Lipinski definition) is 2. The first-order chi connectivity index (χ1) is 8.28. The molecule has 0 aliphatic heterocycles. The second-order valence-corrected chi connectivity index (χ2v) is 5.94. The van der Waals surface area contributed by atoms with Crippen molar-refractivity contribution in [3.63, 3.8) is 0 Å². The van der Waals surface area contributed by atoms with Gasteiger partial charge in [-0.2, -0.15) is 4.31 Å². The Morgan fingerprint density at radius 2 is 2.17 bits per heavy atom. The van der Waals surface area contributed by atoms with Crippen LogP contribution in [0.4, 0.5) is 0 Å². The number of aryl methyl sites for hydroxylation is 1. The van der Waals surface area contributed by atoms with Crippen LogP contribution in [0.2, 0.25) is 0 Å². The van der Waals surface area contributed by atoms with Crippen molar-refractivity contribution in [3.8, 4) is 0 Å². The standard InChI is InChI=1S/C10H17N3O4S/c1-4-8-11-5-9(12-8)18(16,17)13(7(2)3)6-10(14)15/h5,7H,4,6H2,1-3H3,(H,11,12)(H,14,15). The summed E-state index contributed by atoms with van der Waals surface area (Å²) in [7, 11) is -3.85. The SMILES string of the molecule is CCc1ncc(S(=O)(=O)N(CC(=O)O)C(C)C)[nH]1. The molecule has 0 saturated carbocycles. The number of nitrogens with one attached hydrogen (secondary N) is 1. The van der Waals surface area contributed by atoms with Gasteiger partial charge in [-0.05, 0) is 13.8 Å². The van der Waals surface area contributed by atoms with E-state index in [1.807, 2.05) is 6.92 Å². The predicted octanol–water partition coefficient (Wildman–Crippen LogP) is 0.456. The van der Waals surface area contributed by atoms with Crippen LogP contribution in [-0.2, 0) is 21.2 Å². The Morgan fingerprint density at radius 3 is 2.56 bits per heavy atom. The molecule has 7 nitrogen and oxygen atoms in total. The molecule has 18 heavy (non-hydrogen) atoms. The number of rotatable bonds is 6. The molecule has 1 heterocycles. The summed E-state index contributed by atoms with van der Waals surface area (Å²) >= 11 is 0. The zero-order valence-electron chi connectivity index (χ0n) is 10.5. The van der Waals surface area contributed by atoms with Crippen LogP contribution in [0.25, 0.3) is 0 Å². The molecule has 0 bridgehead atoms. The van der Waals surface area contributed by atoms with Crippen LogP contribution in [0.1, 0.15) is 26.6 Å². The maximum atomic E-state index is 12.2. The maximum Gasteiger partial charge on any atom is 0.318 e. The summed E-state index contributed by atoms with van der Waals surface area (Å²) < 4.78 is 25.4. The van der Waals surface area contributed by atoms with Gasteiger partial charge in [0.2, 0.25) is 0 Å². The number of aromatic amines is 1. The fourth-order valence-electron chi connectivity index (χ4n) is 1.46. The van der Waals surface area contributed by atoms with Crippen molar-refractivity contribution in [3.05, 3.63) is 12.0 Å². The Balaban J connectivity index is 3.12. The van der Waals surface area contributed by atoms with E-state index in [2.05, 4.69) is 9.97 Å². The minimum atomic E-state index is -3.85. The Bertz CT molecular complexity index is 521. The Labute approximate surface area is 106 Å². The van der Waals surface area contributed by atoms with Crippen molar-refractivity contribution < 1.29 is 18.3 Å². The highest BCUT2D eigenvalue weighted by atomic mass is 32.2. The molecular weight excluding hydrogens is 258 g/mol. The summed E-state index contributed by atoms with van der Waals surface area (Å²) in [4.78, 5) is 17.3. The average Bonchev–Trinajstić information content (AvgIpc) is 2.74. The molecule has 0 amide bonds. The molecule has 0 aliphatic carbocycles. The summed E-state index contributed by atoms with van der Waals surface area (Å²) in [5.41, 5.74) is 0. The smallest absolute Gasteiger partial charge is 0.318 e. The van der Waals surface area contributed by atoms with E-state index in [9.17, 15) is 13.2 Å². The second-order valence-electron chi connectivity index (χ2n) is 4.09. The molecule has 8 heteroatoms. The molecule has 0 radical (unpaired) electrons. The third-order valence-electron chi connectivity index (χ3n) is 2.39. The number of aromatic nitrogens is 2. The molecule has 0 aliphatic rings. The first-order valence-electron chi connectivity index (χ1n) is 5.56. The van der Waals surface area contributed by atoms with E-state index in [0.29, 0.717) is 12.2 Å². The maximum absolute atomic E-state index is 12.2. The topological polar surface area (TPSA) is 103 Å². The highest BCUT2D eigenvalue weighted by Gasteiger charge is 2.30. The van der Waals surface area contributed by atoms with E-state index in [-0.39, 0.29) is 5.03 Å². The molecule has 0 saturated heterocycles. The molecule has 2 N–H and O–H groups in total. The van der Waals surface area contributed by atoms with Crippen LogP contribution >= 0.6 is 0 Å². The van der Waals surface area contributed by atoms with Gasteiger partial charge in [-0.15, -0.1) is 0 Å². The van der Waals surface area contributed by atoms with Crippen LogP contribution < -0.4 is 0 Å². The van der Waals surface area contributed by atoms with Gasteiger partial charge in [-0.1, -0.05) is 6.92 Å². The zero-order chi connectivity index (χ0) is 13.9. The van der Waals surface area contributed by atoms with Crippen molar-refractivity contribution in [1.29, 1.82) is 0 Å². The average molecular weight is 275 g/mol. The zero-order valence-corrected chi connectivity index (χ0v) is 11.4. The third kappa shape index (κ3) is 3.08. The molecule has 1 rings (SSSR count). The lowest BCUT2D eigenvalue weighted by atomic mass is 10.4. The normalized spacial score (nSPS) is 12.3. The largest absolute Gasteiger partial charge is 0.480 e. The lowest BCUT2D eigenvalue weighted by molar-refractivity contribution is -0.137. The number of hydrogen-bond acceptors (Lipinski definition) is 4. The molecular formula is C10H17N3O4S. The highest BCUT2D eigenvalue weighted by molar-refractivity contribution is 7.89. The van der Waals surface area contributed by atoms with Crippen molar-refractivity contribution in [2.45, 2.75) is 38.3 Å². The fraction of sp³-hybridized carbons (Fsp3) is 0.600. The summed E-state index contributed by atoms with van der Waals surface area (Å²) in [6, 6.07) is -0.445. The van der Waals surface area contributed by atoms with Gasteiger partial charge in [0.1, 0.15) is 12.4 Å². The number of carboxylic acid groups (broad SMARTS) is 1. The Morgan fingerprint density at radius 1 is 1.56 bits per heavy atom. The van der Waals surface area contributed by atoms with E-state index in [0.717, 1.165) is 4.31 Å². The third-order valence-corrected chi connectivity index (χ3v) is 4.33. The van der Waals surface area contributed by atoms with E-state index >= 15 is 0 Å². The monoisotopic (exact) mass is 275 g/mol. The van der Waals surface area contributed by atoms with Crippen molar-refractivity contribution in [2.24, 2.45) is 0 Å². The van der Waals surface area contributed by atoms with Crippen LogP contribution in [-0.4, -0.2) is 46.4 Å². The van der Waals surface area contributed by atoms with E-state index in [1.165, 1.54) is 6.20 Å². The summed E-state index contributed by atoms with van der Waals surface area (Å²) in [5, 5.41) is 8.69. The molecule has 0 aromatic carbocycles. The number of H-pyrrole nitrogens is 1. The minimum absolute atomic E-state index is 0.0747. The molecule has 0 spiro atoms. The fourth-order valence-corrected chi connectivity index (χ4v) is 2.98. The quantitative estimate of drug-likeness (QED) is 0.784. The van der Waals surface area contributed by atoms with Crippen molar-refractivity contribution >= 4 is 16.0 Å². The molecule has 0 unspecified atom stereocenters. The summed E-state index contributed by atoms with van der Waals surface area (Å²) in [5.74, 6) is -0.643. The van der Waals surface area contributed by atoms with Gasteiger partial charge in [0.15, 0.2) is 5.03 Å². The van der Waals surface area contributed by atoms with Gasteiger partial charge in [0, 0.05) is 12.5 Å². The minimum Gasteiger partial charge on any atom is -0.480 e. The number of nitrogens with zero attached hydrogens (tertiary/aromatic N) is 2. The molecule has 102 valence electrons. The van der Waals surface area contributed by atoms with Gasteiger partial charge >= 0.3 is 5.97 Å². The lowest BCUT2D eigenvalue weighted by Gasteiger charge is -2.22.